The highest BCUT2D eigenvalue weighted by Crippen LogP contribution is 2.16. The lowest BCUT2D eigenvalue weighted by atomic mass is 10.1. The number of nitro groups is 1. The number of nitrogens with zero attached hydrogens (tertiary/aromatic N) is 2. The SMILES string of the molecule is [CH]=C(C#N)c1ccc([N+](=O)[O-])cc1. The second kappa shape index (κ2) is 3.50. The summed E-state index contributed by atoms with van der Waals surface area (Å²) in [6, 6.07) is 7.25. The molecule has 0 saturated heterocycles. The molecule has 0 spiro atoms. The van der Waals surface area contributed by atoms with Gasteiger partial charge >= 0.3 is 0 Å². The van der Waals surface area contributed by atoms with Gasteiger partial charge in [0.25, 0.3) is 5.69 Å². The molecule has 0 aliphatic heterocycles. The van der Waals surface area contributed by atoms with Crippen LogP contribution in [0.5, 0.6) is 0 Å². The molecule has 1 rings (SSSR count). The van der Waals surface area contributed by atoms with E-state index in [-0.39, 0.29) is 11.3 Å². The summed E-state index contributed by atoms with van der Waals surface area (Å²) < 4.78 is 0. The van der Waals surface area contributed by atoms with Gasteiger partial charge in [-0.3, -0.25) is 10.1 Å². The summed E-state index contributed by atoms with van der Waals surface area (Å²) in [4.78, 5) is 9.75. The van der Waals surface area contributed by atoms with Crippen molar-refractivity contribution in [3.63, 3.8) is 0 Å². The molecule has 0 N–H and O–H groups in total. The molecule has 0 fully saturated rings. The van der Waals surface area contributed by atoms with E-state index in [1.807, 2.05) is 0 Å². The van der Waals surface area contributed by atoms with E-state index in [9.17, 15) is 10.1 Å². The second-order valence-corrected chi connectivity index (χ2v) is 2.33. The van der Waals surface area contributed by atoms with Crippen LogP contribution in [0.25, 0.3) is 5.57 Å². The van der Waals surface area contributed by atoms with Crippen LogP contribution in [0.4, 0.5) is 5.69 Å². The smallest absolute Gasteiger partial charge is 0.258 e. The van der Waals surface area contributed by atoms with Gasteiger partial charge < -0.3 is 0 Å². The maximum Gasteiger partial charge on any atom is 0.269 e. The number of rotatable bonds is 2. The van der Waals surface area contributed by atoms with Crippen molar-refractivity contribution in [1.29, 1.82) is 5.26 Å². The van der Waals surface area contributed by atoms with Gasteiger partial charge in [0.2, 0.25) is 0 Å². The van der Waals surface area contributed by atoms with Gasteiger partial charge in [0, 0.05) is 12.1 Å². The van der Waals surface area contributed by atoms with Crippen LogP contribution < -0.4 is 0 Å². The highest BCUT2D eigenvalue weighted by Gasteiger charge is 2.04. The van der Waals surface area contributed by atoms with Gasteiger partial charge in [-0.15, -0.1) is 0 Å². The third-order valence-corrected chi connectivity index (χ3v) is 1.51. The van der Waals surface area contributed by atoms with Gasteiger partial charge in [0.1, 0.15) is 0 Å². The first-order chi connectivity index (χ1) is 6.15. The van der Waals surface area contributed by atoms with Crippen LogP contribution in [0.3, 0.4) is 0 Å². The zero-order chi connectivity index (χ0) is 9.84. The van der Waals surface area contributed by atoms with Crippen LogP contribution in [0, 0.1) is 28.0 Å². The lowest BCUT2D eigenvalue weighted by molar-refractivity contribution is -0.384. The largest absolute Gasteiger partial charge is 0.269 e. The maximum absolute atomic E-state index is 10.3. The summed E-state index contributed by atoms with van der Waals surface area (Å²) >= 11 is 0. The van der Waals surface area contributed by atoms with Crippen molar-refractivity contribution in [1.82, 2.24) is 0 Å². The van der Waals surface area contributed by atoms with E-state index in [0.29, 0.717) is 5.56 Å². The molecule has 0 aliphatic rings. The fraction of sp³-hybridized carbons (Fsp3) is 0. The Balaban J connectivity index is 3.02. The Morgan fingerprint density at radius 1 is 1.46 bits per heavy atom. The summed E-state index contributed by atoms with van der Waals surface area (Å²) in [6.07, 6.45) is 0. The zero-order valence-corrected chi connectivity index (χ0v) is 6.60. The summed E-state index contributed by atoms with van der Waals surface area (Å²) in [7, 11) is 0. The minimum Gasteiger partial charge on any atom is -0.258 e. The Morgan fingerprint density at radius 2 is 2.00 bits per heavy atom. The van der Waals surface area contributed by atoms with Gasteiger partial charge in [-0.2, -0.15) is 5.26 Å². The molecule has 0 aromatic heterocycles. The molecule has 0 heterocycles. The molecule has 0 bridgehead atoms. The first kappa shape index (κ1) is 8.94. The monoisotopic (exact) mass is 173 g/mol. The summed E-state index contributed by atoms with van der Waals surface area (Å²) in [6.45, 7) is 5.31. The van der Waals surface area contributed by atoms with Gasteiger partial charge in [0.15, 0.2) is 0 Å². The van der Waals surface area contributed by atoms with Crippen LogP contribution in [-0.4, -0.2) is 4.92 Å². The molecule has 0 aliphatic carbocycles. The normalized spacial score (nSPS) is 8.85. The van der Waals surface area contributed by atoms with Crippen molar-refractivity contribution < 1.29 is 4.92 Å². The van der Waals surface area contributed by atoms with Crippen LogP contribution in [0.15, 0.2) is 24.3 Å². The molecule has 4 nitrogen and oxygen atoms in total. The van der Waals surface area contributed by atoms with Crippen molar-refractivity contribution in [3.8, 4) is 6.07 Å². The number of nitro benzene ring substituents is 1. The van der Waals surface area contributed by atoms with Crippen molar-refractivity contribution in [2.24, 2.45) is 0 Å². The minimum absolute atomic E-state index is 0.0190. The first-order valence-corrected chi connectivity index (χ1v) is 3.42. The van der Waals surface area contributed by atoms with Crippen LogP contribution in [0.1, 0.15) is 5.56 Å². The van der Waals surface area contributed by atoms with Crippen molar-refractivity contribution >= 4 is 11.3 Å². The number of benzene rings is 1. The van der Waals surface area contributed by atoms with Crippen molar-refractivity contribution in [3.05, 3.63) is 46.5 Å². The maximum atomic E-state index is 10.3. The Hall–Kier alpha value is -2.15. The van der Waals surface area contributed by atoms with E-state index in [1.54, 1.807) is 6.07 Å². The van der Waals surface area contributed by atoms with E-state index < -0.39 is 4.92 Å². The van der Waals surface area contributed by atoms with Crippen LogP contribution in [0.2, 0.25) is 0 Å². The summed E-state index contributed by atoms with van der Waals surface area (Å²) in [5.74, 6) is 0. The fourth-order valence-corrected chi connectivity index (χ4v) is 0.827. The second-order valence-electron chi connectivity index (χ2n) is 2.33. The van der Waals surface area contributed by atoms with Crippen LogP contribution >= 0.6 is 0 Å². The predicted octanol–water partition coefficient (Wildman–Crippen LogP) is 1.93. The molecule has 1 aromatic carbocycles. The fourth-order valence-electron chi connectivity index (χ4n) is 0.827. The average molecular weight is 173 g/mol. The summed E-state index contributed by atoms with van der Waals surface area (Å²) in [5, 5.41) is 18.7. The lowest BCUT2D eigenvalue weighted by Crippen LogP contribution is -1.87. The van der Waals surface area contributed by atoms with Crippen molar-refractivity contribution in [2.45, 2.75) is 0 Å². The molecule has 13 heavy (non-hydrogen) atoms. The third-order valence-electron chi connectivity index (χ3n) is 1.51. The molecule has 1 aromatic rings. The van der Waals surface area contributed by atoms with E-state index in [2.05, 4.69) is 0 Å². The molecule has 0 amide bonds. The lowest BCUT2D eigenvalue weighted by Gasteiger charge is -1.95. The Morgan fingerprint density at radius 3 is 2.38 bits per heavy atom. The molecule has 0 unspecified atom stereocenters. The Kier molecular flexibility index (Phi) is 2.41. The number of non-ortho nitro benzene ring substituents is 1. The Labute approximate surface area is 74.9 Å². The predicted molar refractivity (Wildman–Crippen MR) is 46.4 cm³/mol. The van der Waals surface area contributed by atoms with Gasteiger partial charge in [-0.25, -0.2) is 0 Å². The van der Waals surface area contributed by atoms with Gasteiger partial charge in [0.05, 0.1) is 16.6 Å². The number of hydrogen-bond acceptors (Lipinski definition) is 3. The highest BCUT2D eigenvalue weighted by atomic mass is 16.6. The zero-order valence-electron chi connectivity index (χ0n) is 6.60. The topological polar surface area (TPSA) is 66.9 Å². The van der Waals surface area contributed by atoms with E-state index in [4.69, 9.17) is 11.8 Å². The molecular weight excluding hydrogens is 168 g/mol. The molecule has 1 radical (unpaired) electrons. The number of nitriles is 1. The Bertz CT molecular complexity index is 387. The number of hydrogen-bond donors (Lipinski definition) is 0. The number of allylic oxidation sites excluding steroid dienone is 1. The molecular formula is C9H5N2O2. The van der Waals surface area contributed by atoms with E-state index in [0.717, 1.165) is 0 Å². The molecule has 0 saturated carbocycles. The van der Waals surface area contributed by atoms with E-state index >= 15 is 0 Å². The minimum atomic E-state index is -0.508. The van der Waals surface area contributed by atoms with Crippen LogP contribution in [-0.2, 0) is 0 Å². The standard InChI is InChI=1S/C9H5N2O2/c1-7(6-10)8-2-4-9(5-3-8)11(12)13/h1-5H. The summed E-state index contributed by atoms with van der Waals surface area (Å²) in [5.41, 5.74) is 0.525. The molecule has 63 valence electrons. The first-order valence-electron chi connectivity index (χ1n) is 3.42. The highest BCUT2D eigenvalue weighted by molar-refractivity contribution is 5.73. The van der Waals surface area contributed by atoms with Crippen molar-refractivity contribution in [2.75, 3.05) is 0 Å². The molecule has 4 heteroatoms. The van der Waals surface area contributed by atoms with Gasteiger partial charge in [-0.1, -0.05) is 0 Å². The van der Waals surface area contributed by atoms with E-state index in [1.165, 1.54) is 24.3 Å². The van der Waals surface area contributed by atoms with Gasteiger partial charge in [-0.05, 0) is 24.3 Å². The third kappa shape index (κ3) is 1.91. The quantitative estimate of drug-likeness (QED) is 0.390. The average Bonchev–Trinajstić information content (AvgIpc) is 2.17. The molecule has 0 atom stereocenters.